The van der Waals surface area contributed by atoms with Gasteiger partial charge in [0.25, 0.3) is 5.79 Å². The quantitative estimate of drug-likeness (QED) is 0.742. The fraction of sp³-hybridized carbons (Fsp3) is 0.133. The number of hydrogen-bond acceptors (Lipinski definition) is 3. The van der Waals surface area contributed by atoms with E-state index in [-0.39, 0.29) is 11.1 Å². The molecule has 1 aliphatic heterocycles. The van der Waals surface area contributed by atoms with E-state index in [9.17, 15) is 4.39 Å². The maximum Gasteiger partial charge on any atom is 0.278 e. The minimum atomic E-state index is -1.30. The fourth-order valence-corrected chi connectivity index (χ4v) is 2.21. The predicted octanol–water partition coefficient (Wildman–Crippen LogP) is 2.14. The Morgan fingerprint density at radius 2 is 2.05 bits per heavy atom. The average molecular weight is 265 g/mol. The Bertz CT molecular complexity index is 741. The second kappa shape index (κ2) is 4.27. The SMILES string of the molecule is [B]c1cccc2c1OC(C)(c1ccc(C#N)cc1F)O2. The molecule has 20 heavy (non-hydrogen) atoms. The van der Waals surface area contributed by atoms with Crippen molar-refractivity contribution in [2.75, 3.05) is 0 Å². The largest absolute Gasteiger partial charge is 0.445 e. The molecule has 2 radical (unpaired) electrons. The van der Waals surface area contributed by atoms with E-state index in [2.05, 4.69) is 0 Å². The van der Waals surface area contributed by atoms with Crippen molar-refractivity contribution in [2.24, 2.45) is 0 Å². The molecule has 3 rings (SSSR count). The summed E-state index contributed by atoms with van der Waals surface area (Å²) in [7, 11) is 5.81. The summed E-state index contributed by atoms with van der Waals surface area (Å²) >= 11 is 0. The van der Waals surface area contributed by atoms with Crippen LogP contribution in [0, 0.1) is 17.1 Å². The van der Waals surface area contributed by atoms with Crippen molar-refractivity contribution in [1.82, 2.24) is 0 Å². The van der Waals surface area contributed by atoms with E-state index < -0.39 is 11.6 Å². The van der Waals surface area contributed by atoms with E-state index in [0.29, 0.717) is 17.0 Å². The molecule has 1 heterocycles. The highest BCUT2D eigenvalue weighted by Crippen LogP contribution is 2.43. The van der Waals surface area contributed by atoms with Crippen molar-refractivity contribution in [1.29, 1.82) is 5.26 Å². The highest BCUT2D eigenvalue weighted by atomic mass is 19.1. The maximum absolute atomic E-state index is 14.1. The molecule has 3 nitrogen and oxygen atoms in total. The van der Waals surface area contributed by atoms with Crippen LogP contribution in [-0.4, -0.2) is 7.85 Å². The van der Waals surface area contributed by atoms with E-state index in [1.54, 1.807) is 25.1 Å². The van der Waals surface area contributed by atoms with Gasteiger partial charge in [0, 0.05) is 6.92 Å². The highest BCUT2D eigenvalue weighted by molar-refractivity contribution is 6.34. The zero-order chi connectivity index (χ0) is 14.3. The molecule has 96 valence electrons. The van der Waals surface area contributed by atoms with E-state index >= 15 is 0 Å². The number of nitriles is 1. The van der Waals surface area contributed by atoms with Crippen molar-refractivity contribution in [3.63, 3.8) is 0 Å². The number of nitrogens with zero attached hydrogens (tertiary/aromatic N) is 1. The van der Waals surface area contributed by atoms with Gasteiger partial charge in [-0.15, -0.1) is 0 Å². The van der Waals surface area contributed by atoms with Gasteiger partial charge in [0.05, 0.1) is 17.2 Å². The molecule has 0 amide bonds. The normalized spacial score (nSPS) is 19.6. The van der Waals surface area contributed by atoms with Gasteiger partial charge in [-0.2, -0.15) is 5.26 Å². The van der Waals surface area contributed by atoms with Crippen LogP contribution in [0.1, 0.15) is 18.1 Å². The van der Waals surface area contributed by atoms with Gasteiger partial charge in [0.2, 0.25) is 0 Å². The van der Waals surface area contributed by atoms with Gasteiger partial charge >= 0.3 is 0 Å². The number of benzene rings is 2. The van der Waals surface area contributed by atoms with Crippen LogP contribution in [0.15, 0.2) is 36.4 Å². The smallest absolute Gasteiger partial charge is 0.278 e. The first kappa shape index (κ1) is 12.6. The molecule has 0 bridgehead atoms. The summed E-state index contributed by atoms with van der Waals surface area (Å²) in [5.41, 5.74) is 0.886. The van der Waals surface area contributed by atoms with Crippen molar-refractivity contribution in [3.8, 4) is 17.6 Å². The first-order valence-corrected chi connectivity index (χ1v) is 6.00. The molecule has 0 aromatic heterocycles. The predicted molar refractivity (Wildman–Crippen MR) is 71.6 cm³/mol. The summed E-state index contributed by atoms with van der Waals surface area (Å²) in [5, 5.41) is 8.77. The standard InChI is InChI=1S/C15H9BFNO2/c1-15(10-6-5-9(8-18)7-12(10)17)19-13-4-2-3-11(16)14(13)20-15/h2-7H,1H3. The molecule has 0 saturated carbocycles. The first-order valence-electron chi connectivity index (χ1n) is 6.00. The average Bonchev–Trinajstić information content (AvgIpc) is 2.77. The lowest BCUT2D eigenvalue weighted by atomic mass is 9.95. The van der Waals surface area contributed by atoms with Gasteiger partial charge in [-0.05, 0) is 24.3 Å². The molecule has 0 fully saturated rings. The molecule has 2 aromatic carbocycles. The molecule has 1 atom stereocenters. The number of rotatable bonds is 1. The second-order valence-electron chi connectivity index (χ2n) is 4.63. The van der Waals surface area contributed by atoms with E-state index in [0.717, 1.165) is 6.07 Å². The van der Waals surface area contributed by atoms with Crippen molar-refractivity contribution in [2.45, 2.75) is 12.7 Å². The zero-order valence-electron chi connectivity index (χ0n) is 10.7. The number of para-hydroxylation sites is 1. The third kappa shape index (κ3) is 1.81. The van der Waals surface area contributed by atoms with Crippen LogP contribution in [0.2, 0.25) is 0 Å². The van der Waals surface area contributed by atoms with Crippen molar-refractivity contribution >= 4 is 13.3 Å². The summed E-state index contributed by atoms with van der Waals surface area (Å²) in [6.45, 7) is 1.61. The monoisotopic (exact) mass is 265 g/mol. The Hall–Kier alpha value is -2.48. The Morgan fingerprint density at radius 3 is 2.70 bits per heavy atom. The van der Waals surface area contributed by atoms with Gasteiger partial charge in [0.15, 0.2) is 11.5 Å². The topological polar surface area (TPSA) is 42.2 Å². The third-order valence-electron chi connectivity index (χ3n) is 3.20. The highest BCUT2D eigenvalue weighted by Gasteiger charge is 2.41. The first-order chi connectivity index (χ1) is 9.53. The van der Waals surface area contributed by atoms with Gasteiger partial charge < -0.3 is 9.47 Å². The van der Waals surface area contributed by atoms with Crippen molar-refractivity contribution in [3.05, 3.63) is 53.3 Å². The minimum Gasteiger partial charge on any atom is -0.445 e. The van der Waals surface area contributed by atoms with Gasteiger partial charge in [0.1, 0.15) is 13.7 Å². The number of ether oxygens (including phenoxy) is 2. The second-order valence-corrected chi connectivity index (χ2v) is 4.63. The third-order valence-corrected chi connectivity index (χ3v) is 3.20. The number of fused-ring (bicyclic) bond motifs is 1. The van der Waals surface area contributed by atoms with Crippen LogP contribution < -0.4 is 14.9 Å². The van der Waals surface area contributed by atoms with Crippen LogP contribution in [0.3, 0.4) is 0 Å². The Kier molecular flexibility index (Phi) is 2.68. The number of halogens is 1. The molecule has 0 saturated heterocycles. The zero-order valence-corrected chi connectivity index (χ0v) is 10.7. The lowest BCUT2D eigenvalue weighted by Crippen LogP contribution is -2.33. The lowest BCUT2D eigenvalue weighted by molar-refractivity contribution is -0.0703. The van der Waals surface area contributed by atoms with E-state index in [4.69, 9.17) is 22.6 Å². The Labute approximate surface area is 117 Å². The molecule has 2 aromatic rings. The van der Waals surface area contributed by atoms with Gasteiger partial charge in [-0.1, -0.05) is 17.6 Å². The molecule has 0 aliphatic carbocycles. The molecular weight excluding hydrogens is 256 g/mol. The molecule has 0 spiro atoms. The van der Waals surface area contributed by atoms with Crippen LogP contribution in [0.25, 0.3) is 0 Å². The van der Waals surface area contributed by atoms with Crippen LogP contribution >= 0.6 is 0 Å². The van der Waals surface area contributed by atoms with Gasteiger partial charge in [-0.25, -0.2) is 4.39 Å². The molecule has 1 aliphatic rings. The Morgan fingerprint density at radius 1 is 1.25 bits per heavy atom. The summed E-state index contributed by atoms with van der Waals surface area (Å²) in [6.07, 6.45) is 0. The summed E-state index contributed by atoms with van der Waals surface area (Å²) in [6, 6.07) is 11.2. The summed E-state index contributed by atoms with van der Waals surface area (Å²) < 4.78 is 25.5. The van der Waals surface area contributed by atoms with Crippen LogP contribution in [0.5, 0.6) is 11.5 Å². The van der Waals surface area contributed by atoms with Crippen LogP contribution in [0.4, 0.5) is 4.39 Å². The molecular formula is C15H9BFNO2. The van der Waals surface area contributed by atoms with Crippen molar-refractivity contribution < 1.29 is 13.9 Å². The van der Waals surface area contributed by atoms with Gasteiger partial charge in [-0.3, -0.25) is 0 Å². The number of hydrogen-bond donors (Lipinski definition) is 0. The fourth-order valence-electron chi connectivity index (χ4n) is 2.21. The lowest BCUT2D eigenvalue weighted by Gasteiger charge is -2.24. The Balaban J connectivity index is 2.05. The van der Waals surface area contributed by atoms with E-state index in [1.165, 1.54) is 12.1 Å². The molecule has 5 heteroatoms. The van der Waals surface area contributed by atoms with E-state index in [1.807, 2.05) is 6.07 Å². The minimum absolute atomic E-state index is 0.215. The molecule has 1 unspecified atom stereocenters. The van der Waals surface area contributed by atoms with Crippen LogP contribution in [-0.2, 0) is 5.79 Å². The maximum atomic E-state index is 14.1. The molecule has 0 N–H and O–H groups in total. The summed E-state index contributed by atoms with van der Waals surface area (Å²) in [4.78, 5) is 0. The summed E-state index contributed by atoms with van der Waals surface area (Å²) in [5.74, 6) is -0.983.